The van der Waals surface area contributed by atoms with Crippen molar-refractivity contribution in [3.05, 3.63) is 24.3 Å². The Morgan fingerprint density at radius 2 is 2.15 bits per heavy atom. The Morgan fingerprint density at radius 1 is 1.38 bits per heavy atom. The summed E-state index contributed by atoms with van der Waals surface area (Å²) >= 11 is 0. The lowest BCUT2D eigenvalue weighted by Crippen LogP contribution is -2.06. The first kappa shape index (κ1) is 9.73. The van der Waals surface area contributed by atoms with Crippen LogP contribution < -0.4 is 10.2 Å². The van der Waals surface area contributed by atoms with Crippen LogP contribution in [0.1, 0.15) is 0 Å². The Bertz CT molecular complexity index is 268. The fourth-order valence-electron chi connectivity index (χ4n) is 0.799. The van der Waals surface area contributed by atoms with Gasteiger partial charge in [-0.2, -0.15) is 8.78 Å². The van der Waals surface area contributed by atoms with E-state index in [4.69, 9.17) is 4.74 Å². The van der Waals surface area contributed by atoms with Crippen LogP contribution in [0.5, 0.6) is 5.75 Å². The van der Waals surface area contributed by atoms with E-state index in [1.165, 1.54) is 7.11 Å². The van der Waals surface area contributed by atoms with Gasteiger partial charge in [0.1, 0.15) is 5.75 Å². The smallest absolute Gasteiger partial charge is 0.364 e. The van der Waals surface area contributed by atoms with Crippen LogP contribution in [-0.2, 0) is 4.84 Å². The number of anilines is 1. The molecule has 0 heterocycles. The first-order valence-corrected chi connectivity index (χ1v) is 3.56. The zero-order chi connectivity index (χ0) is 9.68. The van der Waals surface area contributed by atoms with Gasteiger partial charge in [-0.05, 0) is 12.1 Å². The fraction of sp³-hybridized carbons (Fsp3) is 0.250. The van der Waals surface area contributed by atoms with Crippen LogP contribution in [0, 0.1) is 0 Å². The quantitative estimate of drug-likeness (QED) is 0.737. The van der Waals surface area contributed by atoms with E-state index in [1.807, 2.05) is 0 Å². The Balaban J connectivity index is 2.56. The van der Waals surface area contributed by atoms with Gasteiger partial charge >= 0.3 is 6.61 Å². The standard InChI is InChI=1S/C8H9F2NO2/c1-12-7-4-2-3-6(5-7)11-13-8(9)10/h2-5,8,11H,1H3. The van der Waals surface area contributed by atoms with Gasteiger partial charge in [0.15, 0.2) is 0 Å². The summed E-state index contributed by atoms with van der Waals surface area (Å²) in [7, 11) is 1.49. The first-order chi connectivity index (χ1) is 6.22. The molecule has 0 aromatic heterocycles. The largest absolute Gasteiger partial charge is 0.497 e. The molecule has 0 aliphatic carbocycles. The van der Waals surface area contributed by atoms with E-state index in [9.17, 15) is 8.78 Å². The zero-order valence-corrected chi connectivity index (χ0v) is 6.96. The van der Waals surface area contributed by atoms with Gasteiger partial charge in [-0.1, -0.05) is 6.07 Å². The maximum atomic E-state index is 11.6. The molecule has 72 valence electrons. The van der Waals surface area contributed by atoms with Gasteiger partial charge in [-0.15, -0.1) is 0 Å². The minimum absolute atomic E-state index is 0.416. The van der Waals surface area contributed by atoms with Crippen molar-refractivity contribution in [3.63, 3.8) is 0 Å². The third kappa shape index (κ3) is 3.25. The summed E-state index contributed by atoms with van der Waals surface area (Å²) < 4.78 is 28.1. The molecule has 0 saturated heterocycles. The van der Waals surface area contributed by atoms with Gasteiger partial charge in [0.25, 0.3) is 0 Å². The topological polar surface area (TPSA) is 30.5 Å². The molecule has 5 heteroatoms. The van der Waals surface area contributed by atoms with Crippen LogP contribution >= 0.6 is 0 Å². The number of halogens is 2. The van der Waals surface area contributed by atoms with E-state index in [-0.39, 0.29) is 0 Å². The second-order valence-corrected chi connectivity index (χ2v) is 2.21. The maximum absolute atomic E-state index is 11.6. The maximum Gasteiger partial charge on any atom is 0.364 e. The molecular formula is C8H9F2NO2. The number of alkyl halides is 2. The van der Waals surface area contributed by atoms with Crippen molar-refractivity contribution in [2.75, 3.05) is 12.6 Å². The van der Waals surface area contributed by atoms with Crippen molar-refractivity contribution in [1.82, 2.24) is 0 Å². The lowest BCUT2D eigenvalue weighted by atomic mass is 10.3. The molecule has 0 aliphatic rings. The molecule has 1 rings (SSSR count). The predicted molar refractivity (Wildman–Crippen MR) is 43.7 cm³/mol. The molecule has 1 aromatic rings. The molecule has 0 bridgehead atoms. The fourth-order valence-corrected chi connectivity index (χ4v) is 0.799. The Kier molecular flexibility index (Phi) is 3.45. The Labute approximate surface area is 74.2 Å². The van der Waals surface area contributed by atoms with Crippen molar-refractivity contribution in [2.24, 2.45) is 0 Å². The van der Waals surface area contributed by atoms with Gasteiger partial charge in [-0.3, -0.25) is 5.48 Å². The molecule has 0 unspecified atom stereocenters. The molecule has 0 radical (unpaired) electrons. The minimum atomic E-state index is -2.84. The second kappa shape index (κ2) is 4.61. The summed E-state index contributed by atoms with van der Waals surface area (Å²) in [6.07, 6.45) is 0. The van der Waals surface area contributed by atoms with Crippen LogP contribution in [0.25, 0.3) is 0 Å². The van der Waals surface area contributed by atoms with Gasteiger partial charge in [0.2, 0.25) is 0 Å². The lowest BCUT2D eigenvalue weighted by molar-refractivity contribution is -0.105. The van der Waals surface area contributed by atoms with Gasteiger partial charge in [0, 0.05) is 6.07 Å². The number of hydrogen-bond donors (Lipinski definition) is 1. The summed E-state index contributed by atoms with van der Waals surface area (Å²) in [4.78, 5) is 3.89. The van der Waals surface area contributed by atoms with Crippen molar-refractivity contribution >= 4 is 5.69 Å². The van der Waals surface area contributed by atoms with E-state index >= 15 is 0 Å². The number of hydrogen-bond acceptors (Lipinski definition) is 3. The number of nitrogens with one attached hydrogen (secondary N) is 1. The second-order valence-electron chi connectivity index (χ2n) is 2.21. The monoisotopic (exact) mass is 189 g/mol. The summed E-state index contributed by atoms with van der Waals surface area (Å²) in [5, 5.41) is 0. The SMILES string of the molecule is COc1cccc(NOC(F)F)c1. The highest BCUT2D eigenvalue weighted by molar-refractivity contribution is 5.46. The average molecular weight is 189 g/mol. The average Bonchev–Trinajstić information content (AvgIpc) is 2.15. The molecular weight excluding hydrogens is 180 g/mol. The third-order valence-electron chi connectivity index (χ3n) is 1.34. The normalized spacial score (nSPS) is 10.2. The van der Waals surface area contributed by atoms with E-state index < -0.39 is 6.61 Å². The number of rotatable bonds is 4. The van der Waals surface area contributed by atoms with Gasteiger partial charge < -0.3 is 4.74 Å². The highest BCUT2D eigenvalue weighted by Gasteiger charge is 2.01. The van der Waals surface area contributed by atoms with Gasteiger partial charge in [0.05, 0.1) is 12.8 Å². The highest BCUT2D eigenvalue weighted by Crippen LogP contribution is 2.16. The van der Waals surface area contributed by atoms with Crippen LogP contribution in [0.2, 0.25) is 0 Å². The van der Waals surface area contributed by atoms with Crippen molar-refractivity contribution in [2.45, 2.75) is 6.61 Å². The van der Waals surface area contributed by atoms with E-state index in [0.717, 1.165) is 0 Å². The van der Waals surface area contributed by atoms with E-state index in [1.54, 1.807) is 24.3 Å². The molecule has 0 saturated carbocycles. The number of ether oxygens (including phenoxy) is 1. The van der Waals surface area contributed by atoms with Crippen LogP contribution in [0.4, 0.5) is 14.5 Å². The Morgan fingerprint density at radius 3 is 2.77 bits per heavy atom. The van der Waals surface area contributed by atoms with Crippen LogP contribution in [-0.4, -0.2) is 13.7 Å². The molecule has 3 nitrogen and oxygen atoms in total. The molecule has 0 aliphatic heterocycles. The molecule has 1 aromatic carbocycles. The lowest BCUT2D eigenvalue weighted by Gasteiger charge is -2.06. The molecule has 0 fully saturated rings. The van der Waals surface area contributed by atoms with E-state index in [2.05, 4.69) is 10.3 Å². The zero-order valence-electron chi connectivity index (χ0n) is 6.96. The minimum Gasteiger partial charge on any atom is -0.497 e. The molecule has 0 amide bonds. The van der Waals surface area contributed by atoms with Crippen LogP contribution in [0.15, 0.2) is 24.3 Å². The summed E-state index contributed by atoms with van der Waals surface area (Å²) in [5.41, 5.74) is 2.51. The predicted octanol–water partition coefficient (Wildman–Crippen LogP) is 2.26. The summed E-state index contributed by atoms with van der Waals surface area (Å²) in [6, 6.07) is 6.50. The Hall–Kier alpha value is -1.36. The molecule has 0 atom stereocenters. The molecule has 1 N–H and O–H groups in total. The van der Waals surface area contributed by atoms with Crippen molar-refractivity contribution in [3.8, 4) is 5.75 Å². The third-order valence-corrected chi connectivity index (χ3v) is 1.34. The van der Waals surface area contributed by atoms with Crippen LogP contribution in [0.3, 0.4) is 0 Å². The molecule has 13 heavy (non-hydrogen) atoms. The van der Waals surface area contributed by atoms with Gasteiger partial charge in [-0.25, -0.2) is 4.84 Å². The summed E-state index contributed by atoms with van der Waals surface area (Å²) in [5.74, 6) is 0.572. The highest BCUT2D eigenvalue weighted by atomic mass is 19.3. The number of methoxy groups -OCH3 is 1. The number of benzene rings is 1. The van der Waals surface area contributed by atoms with Crippen molar-refractivity contribution in [1.29, 1.82) is 0 Å². The summed E-state index contributed by atoms with van der Waals surface area (Å²) in [6.45, 7) is -2.84. The first-order valence-electron chi connectivity index (χ1n) is 3.56. The van der Waals surface area contributed by atoms with Crippen molar-refractivity contribution < 1.29 is 18.4 Å². The van der Waals surface area contributed by atoms with E-state index in [0.29, 0.717) is 11.4 Å². The molecule has 0 spiro atoms.